The van der Waals surface area contributed by atoms with Gasteiger partial charge in [-0.1, -0.05) is 19.6 Å². The van der Waals surface area contributed by atoms with Crippen molar-refractivity contribution in [3.8, 4) is 0 Å². The second-order valence-corrected chi connectivity index (χ2v) is 12.1. The normalized spacial score (nSPS) is 11.6. The number of hydrogen-bond acceptors (Lipinski definition) is 4. The third-order valence-electron chi connectivity index (χ3n) is 3.34. The molecule has 0 atom stereocenters. The van der Waals surface area contributed by atoms with Gasteiger partial charge in [-0.05, 0) is 12.1 Å². The second-order valence-electron chi connectivity index (χ2n) is 6.52. The molecule has 8 heteroatoms. The van der Waals surface area contributed by atoms with Crippen molar-refractivity contribution in [1.29, 1.82) is 0 Å². The van der Waals surface area contributed by atoms with E-state index in [2.05, 4.69) is 29.9 Å². The standard InChI is InChI=1S/C15H21N3O4Si/c1-23(2,3)7-6-22-10-18-5-4-11-8-16-9-12(13(11)18)17-14(19)15(20)21/h4-5,8-9H,6-7,10H2,1-3H3,(H,17,19)(H,20,21). The SMILES string of the molecule is C[Si](C)(C)CCOCn1ccc2cncc(NC(=O)C(=O)O)c21. The largest absolute Gasteiger partial charge is 0.474 e. The average molecular weight is 335 g/mol. The Labute approximate surface area is 135 Å². The molecule has 0 saturated carbocycles. The van der Waals surface area contributed by atoms with Crippen molar-refractivity contribution in [2.75, 3.05) is 11.9 Å². The summed E-state index contributed by atoms with van der Waals surface area (Å²) in [5.41, 5.74) is 1.05. The van der Waals surface area contributed by atoms with Crippen LogP contribution in [-0.2, 0) is 21.1 Å². The lowest BCUT2D eigenvalue weighted by Gasteiger charge is -2.16. The van der Waals surface area contributed by atoms with Gasteiger partial charge in [0.1, 0.15) is 6.73 Å². The van der Waals surface area contributed by atoms with E-state index in [1.54, 1.807) is 6.20 Å². The summed E-state index contributed by atoms with van der Waals surface area (Å²) < 4.78 is 7.55. The van der Waals surface area contributed by atoms with E-state index in [0.29, 0.717) is 24.5 Å². The molecule has 0 fully saturated rings. The number of ether oxygens (including phenoxy) is 1. The second kappa shape index (κ2) is 6.92. The number of carbonyl (C=O) groups excluding carboxylic acids is 1. The molecule has 0 aromatic carbocycles. The Bertz CT molecular complexity index is 721. The molecule has 0 aliphatic carbocycles. The number of fused-ring (bicyclic) bond motifs is 1. The van der Waals surface area contributed by atoms with Gasteiger partial charge in [0.25, 0.3) is 0 Å². The maximum Gasteiger partial charge on any atom is 0.394 e. The van der Waals surface area contributed by atoms with Crippen molar-refractivity contribution < 1.29 is 19.4 Å². The van der Waals surface area contributed by atoms with Crippen molar-refractivity contribution in [3.05, 3.63) is 24.7 Å². The van der Waals surface area contributed by atoms with E-state index in [0.717, 1.165) is 11.4 Å². The van der Waals surface area contributed by atoms with Gasteiger partial charge in [-0.2, -0.15) is 0 Å². The number of nitrogens with one attached hydrogen (secondary N) is 1. The lowest BCUT2D eigenvalue weighted by Crippen LogP contribution is -2.23. The molecule has 2 heterocycles. The third kappa shape index (κ3) is 4.64. The molecular formula is C15H21N3O4Si. The molecule has 7 nitrogen and oxygen atoms in total. The monoisotopic (exact) mass is 335 g/mol. The van der Waals surface area contributed by atoms with Gasteiger partial charge in [0.2, 0.25) is 0 Å². The first-order valence-electron chi connectivity index (χ1n) is 7.33. The Morgan fingerprint density at radius 2 is 2.09 bits per heavy atom. The Kier molecular flexibility index (Phi) is 5.17. The van der Waals surface area contributed by atoms with Crippen LogP contribution in [0.3, 0.4) is 0 Å². The van der Waals surface area contributed by atoms with Crippen LogP contribution >= 0.6 is 0 Å². The molecule has 23 heavy (non-hydrogen) atoms. The number of anilines is 1. The van der Waals surface area contributed by atoms with Crippen LogP contribution in [0.1, 0.15) is 0 Å². The molecule has 0 unspecified atom stereocenters. The quantitative estimate of drug-likeness (QED) is 0.480. The highest BCUT2D eigenvalue weighted by Crippen LogP contribution is 2.23. The Hall–Kier alpha value is -2.19. The number of carbonyl (C=O) groups is 2. The van der Waals surface area contributed by atoms with Gasteiger partial charge >= 0.3 is 11.9 Å². The van der Waals surface area contributed by atoms with Gasteiger partial charge in [-0.3, -0.25) is 9.78 Å². The predicted molar refractivity (Wildman–Crippen MR) is 90.1 cm³/mol. The molecule has 124 valence electrons. The average Bonchev–Trinajstić information content (AvgIpc) is 2.87. The number of nitrogens with zero attached hydrogens (tertiary/aromatic N) is 2. The van der Waals surface area contributed by atoms with Gasteiger partial charge in [0, 0.05) is 32.5 Å². The van der Waals surface area contributed by atoms with E-state index < -0.39 is 20.0 Å². The molecule has 0 radical (unpaired) electrons. The van der Waals surface area contributed by atoms with Crippen molar-refractivity contribution >= 4 is 36.5 Å². The van der Waals surface area contributed by atoms with Crippen molar-refractivity contribution in [2.45, 2.75) is 32.4 Å². The summed E-state index contributed by atoms with van der Waals surface area (Å²) in [6.45, 7) is 7.87. The summed E-state index contributed by atoms with van der Waals surface area (Å²) in [6, 6.07) is 2.91. The number of hydrogen-bond donors (Lipinski definition) is 2. The van der Waals surface area contributed by atoms with E-state index in [1.807, 2.05) is 16.8 Å². The number of aliphatic carboxylic acids is 1. The first-order chi connectivity index (χ1) is 10.8. The molecule has 2 aromatic rings. The third-order valence-corrected chi connectivity index (χ3v) is 5.04. The Morgan fingerprint density at radius 3 is 2.74 bits per heavy atom. The number of amides is 1. The van der Waals surface area contributed by atoms with Crippen LogP contribution in [0.4, 0.5) is 5.69 Å². The number of aromatic nitrogens is 2. The molecule has 1 amide bonds. The van der Waals surface area contributed by atoms with Crippen molar-refractivity contribution in [1.82, 2.24) is 9.55 Å². The lowest BCUT2D eigenvalue weighted by molar-refractivity contribution is -0.147. The summed E-state index contributed by atoms with van der Waals surface area (Å²) in [7, 11) is -1.14. The van der Waals surface area contributed by atoms with E-state index >= 15 is 0 Å². The lowest BCUT2D eigenvalue weighted by atomic mass is 10.3. The molecule has 0 spiro atoms. The summed E-state index contributed by atoms with van der Waals surface area (Å²) in [4.78, 5) is 26.1. The number of carboxylic acid groups (broad SMARTS) is 1. The number of rotatable bonds is 6. The zero-order valence-electron chi connectivity index (χ0n) is 13.5. The zero-order chi connectivity index (χ0) is 17.0. The van der Waals surface area contributed by atoms with E-state index in [-0.39, 0.29) is 0 Å². The molecule has 2 aromatic heterocycles. The van der Waals surface area contributed by atoms with Crippen LogP contribution < -0.4 is 5.32 Å². The van der Waals surface area contributed by atoms with Gasteiger partial charge in [-0.25, -0.2) is 4.79 Å². The molecule has 2 rings (SSSR count). The highest BCUT2D eigenvalue weighted by Gasteiger charge is 2.16. The minimum Gasteiger partial charge on any atom is -0.474 e. The molecule has 2 N–H and O–H groups in total. The highest BCUT2D eigenvalue weighted by molar-refractivity contribution is 6.76. The van der Waals surface area contributed by atoms with Gasteiger partial charge < -0.3 is 19.7 Å². The fourth-order valence-electron chi connectivity index (χ4n) is 2.07. The molecule has 0 aliphatic heterocycles. The molecular weight excluding hydrogens is 314 g/mol. The van der Waals surface area contributed by atoms with E-state index in [1.165, 1.54) is 6.20 Å². The van der Waals surface area contributed by atoms with Crippen LogP contribution in [0.2, 0.25) is 25.7 Å². The summed E-state index contributed by atoms with van der Waals surface area (Å²) >= 11 is 0. The first kappa shape index (κ1) is 17.2. The van der Waals surface area contributed by atoms with Gasteiger partial charge in [-0.15, -0.1) is 0 Å². The molecule has 0 aliphatic rings. The summed E-state index contributed by atoms with van der Waals surface area (Å²) in [5, 5.41) is 11.9. The predicted octanol–water partition coefficient (Wildman–Crippen LogP) is 2.37. The van der Waals surface area contributed by atoms with Crippen LogP contribution in [0.15, 0.2) is 24.7 Å². The number of carboxylic acids is 1. The maximum absolute atomic E-state index is 11.4. The van der Waals surface area contributed by atoms with Gasteiger partial charge in [0.15, 0.2) is 0 Å². The van der Waals surface area contributed by atoms with Crippen molar-refractivity contribution in [2.24, 2.45) is 0 Å². The minimum atomic E-state index is -1.54. The Balaban J connectivity index is 2.14. The van der Waals surface area contributed by atoms with Crippen molar-refractivity contribution in [3.63, 3.8) is 0 Å². The maximum atomic E-state index is 11.4. The highest BCUT2D eigenvalue weighted by atomic mass is 28.3. The Morgan fingerprint density at radius 1 is 1.35 bits per heavy atom. The van der Waals surface area contributed by atoms with E-state index in [4.69, 9.17) is 9.84 Å². The molecule has 0 saturated heterocycles. The fraction of sp³-hybridized carbons (Fsp3) is 0.400. The smallest absolute Gasteiger partial charge is 0.394 e. The summed E-state index contributed by atoms with van der Waals surface area (Å²) in [6.07, 6.45) is 4.92. The first-order valence-corrected chi connectivity index (χ1v) is 11.0. The molecule has 0 bridgehead atoms. The van der Waals surface area contributed by atoms with Crippen LogP contribution in [-0.4, -0.2) is 41.2 Å². The fourth-order valence-corrected chi connectivity index (χ4v) is 2.83. The van der Waals surface area contributed by atoms with Crippen LogP contribution in [0, 0.1) is 0 Å². The van der Waals surface area contributed by atoms with Gasteiger partial charge in [0.05, 0.1) is 17.4 Å². The summed E-state index contributed by atoms with van der Waals surface area (Å²) in [5.74, 6) is -2.63. The van der Waals surface area contributed by atoms with Crippen LogP contribution in [0.5, 0.6) is 0 Å². The number of pyridine rings is 1. The zero-order valence-corrected chi connectivity index (χ0v) is 14.5. The van der Waals surface area contributed by atoms with E-state index in [9.17, 15) is 9.59 Å². The minimum absolute atomic E-state index is 0.341. The van der Waals surface area contributed by atoms with Crippen LogP contribution in [0.25, 0.3) is 10.9 Å². The topological polar surface area (TPSA) is 93.5 Å².